The number of anilines is 1. The van der Waals surface area contributed by atoms with Gasteiger partial charge in [-0.25, -0.2) is 0 Å². The van der Waals surface area contributed by atoms with Crippen molar-refractivity contribution >= 4 is 17.5 Å². The first-order valence-electron chi connectivity index (χ1n) is 9.50. The number of amides is 2. The number of hydrogen-bond donors (Lipinski definition) is 1. The first-order chi connectivity index (χ1) is 13.5. The van der Waals surface area contributed by atoms with Crippen LogP contribution in [-0.4, -0.2) is 56.5 Å². The van der Waals surface area contributed by atoms with E-state index in [4.69, 9.17) is 4.74 Å². The van der Waals surface area contributed by atoms with E-state index in [9.17, 15) is 9.59 Å². The molecule has 28 heavy (non-hydrogen) atoms. The maximum atomic E-state index is 12.5. The summed E-state index contributed by atoms with van der Waals surface area (Å²) in [5.74, 6) is 0.555. The molecule has 148 valence electrons. The molecular weight excluding hydrogens is 354 g/mol. The smallest absolute Gasteiger partial charge is 0.251 e. The minimum atomic E-state index is -0.216. The van der Waals surface area contributed by atoms with Gasteiger partial charge < -0.3 is 19.9 Å². The number of ether oxygens (including phenoxy) is 1. The third-order valence-corrected chi connectivity index (χ3v) is 5.22. The van der Waals surface area contributed by atoms with Crippen molar-refractivity contribution < 1.29 is 14.3 Å². The molecule has 6 heteroatoms. The van der Waals surface area contributed by atoms with Gasteiger partial charge in [-0.3, -0.25) is 9.59 Å². The van der Waals surface area contributed by atoms with Crippen molar-refractivity contribution in [2.45, 2.75) is 13.8 Å². The molecular formula is C22H27N3O3. The van der Waals surface area contributed by atoms with Crippen LogP contribution >= 0.6 is 0 Å². The fraction of sp³-hybridized carbons (Fsp3) is 0.364. The topological polar surface area (TPSA) is 61.9 Å². The zero-order valence-corrected chi connectivity index (χ0v) is 16.7. The lowest BCUT2D eigenvalue weighted by molar-refractivity contribution is -0.130. The van der Waals surface area contributed by atoms with Gasteiger partial charge in [0.15, 0.2) is 0 Å². The first kappa shape index (κ1) is 19.7. The van der Waals surface area contributed by atoms with Gasteiger partial charge in [0.25, 0.3) is 5.91 Å². The first-order valence-corrected chi connectivity index (χ1v) is 9.50. The van der Waals surface area contributed by atoms with Crippen LogP contribution in [0, 0.1) is 13.8 Å². The highest BCUT2D eigenvalue weighted by atomic mass is 16.5. The van der Waals surface area contributed by atoms with Crippen molar-refractivity contribution in [1.82, 2.24) is 10.2 Å². The van der Waals surface area contributed by atoms with Crippen molar-refractivity contribution in [2.24, 2.45) is 0 Å². The Morgan fingerprint density at radius 2 is 1.75 bits per heavy atom. The van der Waals surface area contributed by atoms with E-state index in [1.54, 1.807) is 18.1 Å². The van der Waals surface area contributed by atoms with Crippen LogP contribution in [-0.2, 0) is 4.79 Å². The van der Waals surface area contributed by atoms with E-state index >= 15 is 0 Å². The number of methoxy groups -OCH3 is 1. The number of aryl methyl sites for hydroxylation is 2. The summed E-state index contributed by atoms with van der Waals surface area (Å²) < 4.78 is 5.28. The minimum absolute atomic E-state index is 0.0188. The molecule has 2 aromatic carbocycles. The van der Waals surface area contributed by atoms with Gasteiger partial charge in [-0.05, 0) is 49.2 Å². The molecule has 2 amide bonds. The summed E-state index contributed by atoms with van der Waals surface area (Å²) in [6.07, 6.45) is 0. The molecule has 3 rings (SSSR count). The fourth-order valence-corrected chi connectivity index (χ4v) is 3.27. The van der Waals surface area contributed by atoms with E-state index in [1.807, 2.05) is 50.2 Å². The standard InChI is InChI=1S/C22H27N3O3/c1-16-7-8-18(13-17(16)2)22(27)23-15-21(26)25-11-9-24(10-12-25)19-5-4-6-20(14-19)28-3/h4-8,13-14H,9-12,15H2,1-3H3,(H,23,27). The molecule has 6 nitrogen and oxygen atoms in total. The van der Waals surface area contributed by atoms with Crippen molar-refractivity contribution in [1.29, 1.82) is 0 Å². The Morgan fingerprint density at radius 3 is 2.43 bits per heavy atom. The fourth-order valence-electron chi connectivity index (χ4n) is 3.27. The molecule has 1 fully saturated rings. The Balaban J connectivity index is 1.49. The monoisotopic (exact) mass is 381 g/mol. The summed E-state index contributed by atoms with van der Waals surface area (Å²) >= 11 is 0. The van der Waals surface area contributed by atoms with Crippen LogP contribution in [0.5, 0.6) is 5.75 Å². The Morgan fingerprint density at radius 1 is 1.00 bits per heavy atom. The average molecular weight is 381 g/mol. The number of carbonyl (C=O) groups is 2. The van der Waals surface area contributed by atoms with Crippen molar-refractivity contribution in [3.63, 3.8) is 0 Å². The van der Waals surface area contributed by atoms with Gasteiger partial charge in [-0.1, -0.05) is 12.1 Å². The number of nitrogens with one attached hydrogen (secondary N) is 1. The van der Waals surface area contributed by atoms with E-state index in [2.05, 4.69) is 10.2 Å². The highest BCUT2D eigenvalue weighted by Crippen LogP contribution is 2.22. The average Bonchev–Trinajstić information content (AvgIpc) is 2.73. The number of hydrogen-bond acceptors (Lipinski definition) is 4. The van der Waals surface area contributed by atoms with Gasteiger partial charge in [0.1, 0.15) is 5.75 Å². The molecule has 0 aliphatic carbocycles. The van der Waals surface area contributed by atoms with Gasteiger partial charge in [0.2, 0.25) is 5.91 Å². The van der Waals surface area contributed by atoms with E-state index in [-0.39, 0.29) is 18.4 Å². The van der Waals surface area contributed by atoms with Crippen molar-refractivity contribution in [2.75, 3.05) is 44.7 Å². The predicted octanol–water partition coefficient (Wildman–Crippen LogP) is 2.39. The van der Waals surface area contributed by atoms with E-state index < -0.39 is 0 Å². The molecule has 0 spiro atoms. The zero-order valence-electron chi connectivity index (χ0n) is 16.7. The summed E-state index contributed by atoms with van der Waals surface area (Å²) in [5.41, 5.74) is 3.88. The SMILES string of the molecule is COc1cccc(N2CCN(C(=O)CNC(=O)c3ccc(C)c(C)c3)CC2)c1. The quantitative estimate of drug-likeness (QED) is 0.864. The van der Waals surface area contributed by atoms with Crippen molar-refractivity contribution in [3.05, 3.63) is 59.2 Å². The van der Waals surface area contributed by atoms with Crippen LogP contribution in [0.1, 0.15) is 21.5 Å². The number of benzene rings is 2. The molecule has 1 N–H and O–H groups in total. The molecule has 2 aromatic rings. The lowest BCUT2D eigenvalue weighted by Gasteiger charge is -2.36. The molecule has 0 aromatic heterocycles. The van der Waals surface area contributed by atoms with Crippen LogP contribution in [0.25, 0.3) is 0 Å². The van der Waals surface area contributed by atoms with Gasteiger partial charge >= 0.3 is 0 Å². The number of rotatable bonds is 5. The molecule has 0 atom stereocenters. The summed E-state index contributed by atoms with van der Waals surface area (Å²) in [4.78, 5) is 28.8. The molecule has 1 aliphatic heterocycles. The third kappa shape index (κ3) is 4.63. The Kier molecular flexibility index (Phi) is 6.19. The predicted molar refractivity (Wildman–Crippen MR) is 110 cm³/mol. The van der Waals surface area contributed by atoms with E-state index in [0.717, 1.165) is 35.7 Å². The second-order valence-corrected chi connectivity index (χ2v) is 7.05. The second-order valence-electron chi connectivity index (χ2n) is 7.05. The number of piperazine rings is 1. The maximum Gasteiger partial charge on any atom is 0.251 e. The highest BCUT2D eigenvalue weighted by molar-refractivity contribution is 5.96. The molecule has 1 aliphatic rings. The van der Waals surface area contributed by atoms with Crippen molar-refractivity contribution in [3.8, 4) is 5.75 Å². The second kappa shape index (κ2) is 8.78. The molecule has 0 radical (unpaired) electrons. The van der Waals surface area contributed by atoms with Crippen LogP contribution < -0.4 is 15.0 Å². The number of carbonyl (C=O) groups excluding carboxylic acids is 2. The molecule has 0 bridgehead atoms. The van der Waals surface area contributed by atoms with Crippen LogP contribution in [0.4, 0.5) is 5.69 Å². The summed E-state index contributed by atoms with van der Waals surface area (Å²) in [7, 11) is 1.65. The van der Waals surface area contributed by atoms with Crippen LogP contribution in [0.3, 0.4) is 0 Å². The van der Waals surface area contributed by atoms with Gasteiger partial charge in [0, 0.05) is 43.5 Å². The zero-order chi connectivity index (χ0) is 20.1. The maximum absolute atomic E-state index is 12.5. The molecule has 1 saturated heterocycles. The minimum Gasteiger partial charge on any atom is -0.497 e. The van der Waals surface area contributed by atoms with E-state index in [1.165, 1.54) is 0 Å². The van der Waals surface area contributed by atoms with Crippen LogP contribution in [0.15, 0.2) is 42.5 Å². The lowest BCUT2D eigenvalue weighted by Crippen LogP contribution is -2.51. The molecule has 1 heterocycles. The summed E-state index contributed by atoms with van der Waals surface area (Å²) in [6.45, 7) is 6.77. The normalized spacial score (nSPS) is 14.0. The summed E-state index contributed by atoms with van der Waals surface area (Å²) in [5, 5.41) is 2.74. The van der Waals surface area contributed by atoms with Gasteiger partial charge in [-0.2, -0.15) is 0 Å². The lowest BCUT2D eigenvalue weighted by atomic mass is 10.1. The highest BCUT2D eigenvalue weighted by Gasteiger charge is 2.22. The summed E-state index contributed by atoms with van der Waals surface area (Å²) in [6, 6.07) is 13.5. The van der Waals surface area contributed by atoms with Gasteiger partial charge in [0.05, 0.1) is 13.7 Å². The van der Waals surface area contributed by atoms with Crippen LogP contribution in [0.2, 0.25) is 0 Å². The largest absolute Gasteiger partial charge is 0.497 e. The third-order valence-electron chi connectivity index (χ3n) is 5.22. The van der Waals surface area contributed by atoms with E-state index in [0.29, 0.717) is 18.7 Å². The molecule has 0 unspecified atom stereocenters. The Hall–Kier alpha value is -3.02. The Labute approximate surface area is 166 Å². The van der Waals surface area contributed by atoms with Gasteiger partial charge in [-0.15, -0.1) is 0 Å². The molecule has 0 saturated carbocycles. The number of nitrogens with zero attached hydrogens (tertiary/aromatic N) is 2. The Bertz CT molecular complexity index is 858.